The Morgan fingerprint density at radius 2 is 1.79 bits per heavy atom. The fourth-order valence-corrected chi connectivity index (χ4v) is 3.58. The van der Waals surface area contributed by atoms with E-state index in [1.165, 1.54) is 54.0 Å². The SMILES string of the molecule is NCc1ccc2ccc(Cl)cc2c1C1CCCCC1. The molecule has 0 spiro atoms. The van der Waals surface area contributed by atoms with Gasteiger partial charge in [-0.15, -0.1) is 0 Å². The third-order valence-electron chi connectivity index (χ3n) is 4.35. The normalized spacial score (nSPS) is 16.9. The predicted octanol–water partition coefficient (Wildman–Crippen LogP) is 5.00. The Labute approximate surface area is 119 Å². The first-order valence-corrected chi connectivity index (χ1v) is 7.58. The summed E-state index contributed by atoms with van der Waals surface area (Å²) in [4.78, 5) is 0. The fourth-order valence-electron chi connectivity index (χ4n) is 3.41. The lowest BCUT2D eigenvalue weighted by Crippen LogP contribution is -2.10. The highest BCUT2D eigenvalue weighted by molar-refractivity contribution is 6.31. The molecule has 0 amide bonds. The second-order valence-electron chi connectivity index (χ2n) is 5.54. The number of halogens is 1. The van der Waals surface area contributed by atoms with Gasteiger partial charge in [0.1, 0.15) is 0 Å². The summed E-state index contributed by atoms with van der Waals surface area (Å²) >= 11 is 6.19. The van der Waals surface area contributed by atoms with E-state index in [1.54, 1.807) is 0 Å². The Balaban J connectivity index is 2.19. The molecule has 1 saturated carbocycles. The maximum Gasteiger partial charge on any atom is 0.0412 e. The Hall–Kier alpha value is -1.05. The van der Waals surface area contributed by atoms with Gasteiger partial charge in [0.15, 0.2) is 0 Å². The summed E-state index contributed by atoms with van der Waals surface area (Å²) in [6.45, 7) is 0.619. The highest BCUT2D eigenvalue weighted by Crippen LogP contribution is 2.39. The number of benzene rings is 2. The standard InChI is InChI=1S/C17H20ClN/c18-15-9-8-12-6-7-14(11-19)17(16(12)10-15)13-4-2-1-3-5-13/h6-10,13H,1-5,11,19H2. The summed E-state index contributed by atoms with van der Waals surface area (Å²) in [5.41, 5.74) is 8.71. The van der Waals surface area contributed by atoms with Crippen LogP contribution in [0.4, 0.5) is 0 Å². The van der Waals surface area contributed by atoms with Crippen molar-refractivity contribution in [1.29, 1.82) is 0 Å². The number of nitrogens with two attached hydrogens (primary N) is 1. The quantitative estimate of drug-likeness (QED) is 0.819. The van der Waals surface area contributed by atoms with Crippen molar-refractivity contribution in [3.05, 3.63) is 46.5 Å². The summed E-state index contributed by atoms with van der Waals surface area (Å²) < 4.78 is 0. The van der Waals surface area contributed by atoms with Gasteiger partial charge in [-0.25, -0.2) is 0 Å². The largest absolute Gasteiger partial charge is 0.326 e. The zero-order valence-electron chi connectivity index (χ0n) is 11.2. The topological polar surface area (TPSA) is 26.0 Å². The molecule has 0 aromatic heterocycles. The lowest BCUT2D eigenvalue weighted by atomic mass is 9.80. The van der Waals surface area contributed by atoms with E-state index < -0.39 is 0 Å². The summed E-state index contributed by atoms with van der Waals surface area (Å²) in [6, 6.07) is 10.6. The summed E-state index contributed by atoms with van der Waals surface area (Å²) in [5, 5.41) is 3.41. The first kappa shape index (κ1) is 13.0. The fraction of sp³-hybridized carbons (Fsp3) is 0.412. The lowest BCUT2D eigenvalue weighted by molar-refractivity contribution is 0.443. The summed E-state index contributed by atoms with van der Waals surface area (Å²) in [6.07, 6.45) is 6.63. The molecule has 2 aromatic rings. The van der Waals surface area contributed by atoms with Crippen LogP contribution in [0.25, 0.3) is 10.8 Å². The Morgan fingerprint density at radius 3 is 2.53 bits per heavy atom. The van der Waals surface area contributed by atoms with E-state index in [-0.39, 0.29) is 0 Å². The van der Waals surface area contributed by atoms with Gasteiger partial charge in [0.05, 0.1) is 0 Å². The maximum atomic E-state index is 6.19. The van der Waals surface area contributed by atoms with Gasteiger partial charge in [-0.2, -0.15) is 0 Å². The Kier molecular flexibility index (Phi) is 3.76. The first-order chi connectivity index (χ1) is 9.29. The van der Waals surface area contributed by atoms with Gasteiger partial charge >= 0.3 is 0 Å². The molecule has 0 unspecified atom stereocenters. The van der Waals surface area contributed by atoms with E-state index in [0.717, 1.165) is 5.02 Å². The minimum Gasteiger partial charge on any atom is -0.326 e. The van der Waals surface area contributed by atoms with Gasteiger partial charge in [-0.1, -0.05) is 49.1 Å². The van der Waals surface area contributed by atoms with Crippen LogP contribution in [0.1, 0.15) is 49.1 Å². The minimum atomic E-state index is 0.619. The van der Waals surface area contributed by atoms with Crippen LogP contribution in [0.3, 0.4) is 0 Å². The average molecular weight is 274 g/mol. The molecule has 1 aliphatic rings. The molecule has 19 heavy (non-hydrogen) atoms. The highest BCUT2D eigenvalue weighted by atomic mass is 35.5. The summed E-state index contributed by atoms with van der Waals surface area (Å²) in [5.74, 6) is 0.662. The van der Waals surface area contributed by atoms with E-state index in [0.29, 0.717) is 12.5 Å². The van der Waals surface area contributed by atoms with Gasteiger partial charge < -0.3 is 5.73 Å². The van der Waals surface area contributed by atoms with Crippen LogP contribution < -0.4 is 5.73 Å². The average Bonchev–Trinajstić information content (AvgIpc) is 2.46. The van der Waals surface area contributed by atoms with E-state index in [9.17, 15) is 0 Å². The van der Waals surface area contributed by atoms with Crippen LogP contribution in [0, 0.1) is 0 Å². The molecule has 1 aliphatic carbocycles. The second-order valence-corrected chi connectivity index (χ2v) is 5.98. The van der Waals surface area contributed by atoms with Gasteiger partial charge in [0.2, 0.25) is 0 Å². The molecule has 3 rings (SSSR count). The molecule has 0 aliphatic heterocycles. The molecule has 0 saturated heterocycles. The van der Waals surface area contributed by atoms with Crippen LogP contribution in [-0.2, 0) is 6.54 Å². The molecule has 0 radical (unpaired) electrons. The van der Waals surface area contributed by atoms with Crippen molar-refractivity contribution in [2.24, 2.45) is 5.73 Å². The molecule has 2 N–H and O–H groups in total. The molecule has 0 atom stereocenters. The smallest absolute Gasteiger partial charge is 0.0412 e. The lowest BCUT2D eigenvalue weighted by Gasteiger charge is -2.26. The predicted molar refractivity (Wildman–Crippen MR) is 82.7 cm³/mol. The zero-order chi connectivity index (χ0) is 13.2. The molecule has 1 fully saturated rings. The van der Waals surface area contributed by atoms with Crippen molar-refractivity contribution < 1.29 is 0 Å². The van der Waals surface area contributed by atoms with Crippen molar-refractivity contribution in [3.8, 4) is 0 Å². The third-order valence-corrected chi connectivity index (χ3v) is 4.58. The van der Waals surface area contributed by atoms with Crippen LogP contribution in [0.15, 0.2) is 30.3 Å². The molecular weight excluding hydrogens is 254 g/mol. The van der Waals surface area contributed by atoms with Gasteiger partial charge in [-0.05, 0) is 52.8 Å². The van der Waals surface area contributed by atoms with Crippen LogP contribution in [-0.4, -0.2) is 0 Å². The molecule has 2 heteroatoms. The third kappa shape index (κ3) is 2.50. The molecule has 0 heterocycles. The van der Waals surface area contributed by atoms with Crippen molar-refractivity contribution in [1.82, 2.24) is 0 Å². The second kappa shape index (κ2) is 5.52. The summed E-state index contributed by atoms with van der Waals surface area (Å²) in [7, 11) is 0. The monoisotopic (exact) mass is 273 g/mol. The van der Waals surface area contributed by atoms with E-state index in [2.05, 4.69) is 24.3 Å². The van der Waals surface area contributed by atoms with Gasteiger partial charge in [-0.3, -0.25) is 0 Å². The number of hydrogen-bond donors (Lipinski definition) is 1. The Bertz CT molecular complexity index is 585. The van der Waals surface area contributed by atoms with Gasteiger partial charge in [0, 0.05) is 11.6 Å². The molecule has 1 nitrogen and oxygen atoms in total. The first-order valence-electron chi connectivity index (χ1n) is 7.20. The maximum absolute atomic E-state index is 6.19. The van der Waals surface area contributed by atoms with Crippen molar-refractivity contribution in [2.75, 3.05) is 0 Å². The van der Waals surface area contributed by atoms with Crippen molar-refractivity contribution in [2.45, 2.75) is 44.6 Å². The minimum absolute atomic E-state index is 0.619. The van der Waals surface area contributed by atoms with E-state index in [4.69, 9.17) is 17.3 Å². The van der Waals surface area contributed by atoms with Crippen molar-refractivity contribution in [3.63, 3.8) is 0 Å². The molecule has 2 aromatic carbocycles. The van der Waals surface area contributed by atoms with Crippen molar-refractivity contribution >= 4 is 22.4 Å². The number of hydrogen-bond acceptors (Lipinski definition) is 1. The number of rotatable bonds is 2. The molecule has 100 valence electrons. The van der Waals surface area contributed by atoms with Gasteiger partial charge in [0.25, 0.3) is 0 Å². The van der Waals surface area contributed by atoms with E-state index in [1.807, 2.05) is 6.07 Å². The molecular formula is C17H20ClN. The Morgan fingerprint density at radius 1 is 1.05 bits per heavy atom. The van der Waals surface area contributed by atoms with E-state index >= 15 is 0 Å². The van der Waals surface area contributed by atoms with Crippen LogP contribution in [0.2, 0.25) is 5.02 Å². The number of fused-ring (bicyclic) bond motifs is 1. The van der Waals surface area contributed by atoms with Crippen LogP contribution >= 0.6 is 11.6 Å². The van der Waals surface area contributed by atoms with Crippen LogP contribution in [0.5, 0.6) is 0 Å². The molecule has 0 bridgehead atoms. The highest BCUT2D eigenvalue weighted by Gasteiger charge is 2.20. The zero-order valence-corrected chi connectivity index (χ0v) is 11.9.